The smallest absolute Gasteiger partial charge is 0.289 e. The molecule has 0 spiro atoms. The number of carbonyl (C=O) groups is 1. The lowest BCUT2D eigenvalue weighted by Gasteiger charge is -2.28. The lowest BCUT2D eigenvalue weighted by Crippen LogP contribution is -2.53. The average Bonchev–Trinajstić information content (AvgIpc) is 3.06. The number of rotatable bonds is 1. The normalized spacial score (nSPS) is 23.2. The van der Waals surface area contributed by atoms with Gasteiger partial charge in [0.2, 0.25) is 5.95 Å². The Bertz CT molecular complexity index is 934. The molecule has 2 aliphatic heterocycles. The molecule has 4 N–H and O–H groups in total. The van der Waals surface area contributed by atoms with Gasteiger partial charge in [-0.15, -0.1) is 0 Å². The average molecular weight is 285 g/mol. The molecule has 4 heterocycles. The van der Waals surface area contributed by atoms with Crippen LogP contribution in [0.15, 0.2) is 26.1 Å². The van der Waals surface area contributed by atoms with Gasteiger partial charge in [-0.1, -0.05) is 0 Å². The molecule has 11 heteroatoms. The largest absolute Gasteiger partial charge is 0.369 e. The van der Waals surface area contributed by atoms with Gasteiger partial charge in [-0.25, -0.2) is 24.5 Å². The summed E-state index contributed by atoms with van der Waals surface area (Å²) in [6, 6.07) is 0. The van der Waals surface area contributed by atoms with E-state index < -0.39 is 17.3 Å². The van der Waals surface area contributed by atoms with Gasteiger partial charge in [0, 0.05) is 0 Å². The number of nitrogens with zero attached hydrogens (tertiary/aromatic N) is 6. The Labute approximate surface area is 115 Å². The monoisotopic (exact) mass is 285 g/mol. The van der Waals surface area contributed by atoms with Gasteiger partial charge in [0.1, 0.15) is 6.34 Å². The number of hydrogen-bond acceptors (Lipinski definition) is 8. The zero-order chi connectivity index (χ0) is 14.6. The zero-order valence-corrected chi connectivity index (χ0v) is 10.3. The Morgan fingerprint density at radius 3 is 3.00 bits per heavy atom. The molecule has 11 nitrogen and oxygen atoms in total. The summed E-state index contributed by atoms with van der Waals surface area (Å²) in [5.74, 6) is -2.34. The van der Waals surface area contributed by atoms with Crippen molar-refractivity contribution in [3.05, 3.63) is 16.7 Å². The number of aliphatic imine (C=N–C) groups is 3. The van der Waals surface area contributed by atoms with Gasteiger partial charge < -0.3 is 16.0 Å². The van der Waals surface area contributed by atoms with Crippen LogP contribution >= 0.6 is 0 Å². The van der Waals surface area contributed by atoms with E-state index in [0.717, 1.165) is 17.2 Å². The molecule has 104 valence electrons. The maximum atomic E-state index is 12.6. The molecule has 0 saturated carbocycles. The van der Waals surface area contributed by atoms with Crippen molar-refractivity contribution in [2.45, 2.75) is 5.79 Å². The Hall–Kier alpha value is -3.37. The van der Waals surface area contributed by atoms with Crippen molar-refractivity contribution < 1.29 is 4.79 Å². The molecule has 4 rings (SSSR count). The van der Waals surface area contributed by atoms with Gasteiger partial charge in [-0.05, 0) is 0 Å². The molecule has 0 radical (unpaired) electrons. The van der Waals surface area contributed by atoms with Crippen LogP contribution in [0.4, 0.5) is 5.95 Å². The molecule has 1 atom stereocenters. The zero-order valence-electron chi connectivity index (χ0n) is 10.3. The van der Waals surface area contributed by atoms with E-state index in [1.807, 2.05) is 0 Å². The van der Waals surface area contributed by atoms with Crippen LogP contribution in [0.2, 0.25) is 0 Å². The number of amides is 1. The van der Waals surface area contributed by atoms with E-state index >= 15 is 0 Å². The Kier molecular flexibility index (Phi) is 1.96. The van der Waals surface area contributed by atoms with Gasteiger partial charge in [0.15, 0.2) is 16.9 Å². The quantitative estimate of drug-likeness (QED) is 0.550. The first-order chi connectivity index (χ1) is 10.1. The summed E-state index contributed by atoms with van der Waals surface area (Å²) in [4.78, 5) is 47.0. The van der Waals surface area contributed by atoms with E-state index in [0.29, 0.717) is 0 Å². The van der Waals surface area contributed by atoms with E-state index in [9.17, 15) is 9.59 Å². The van der Waals surface area contributed by atoms with Crippen LogP contribution in [-0.2, 0) is 10.6 Å². The van der Waals surface area contributed by atoms with Crippen molar-refractivity contribution in [2.75, 3.05) is 5.73 Å². The van der Waals surface area contributed by atoms with Crippen LogP contribution in [0.5, 0.6) is 0 Å². The molecule has 1 unspecified atom stereocenters. The number of anilines is 1. The predicted molar refractivity (Wildman–Crippen MR) is 73.1 cm³/mol. The van der Waals surface area contributed by atoms with Crippen molar-refractivity contribution in [3.63, 3.8) is 0 Å². The van der Waals surface area contributed by atoms with Crippen LogP contribution in [0.1, 0.15) is 0 Å². The minimum Gasteiger partial charge on any atom is -0.369 e. The maximum Gasteiger partial charge on any atom is 0.289 e. The number of hydrogen-bond donors (Lipinski definition) is 3. The molecule has 2 aromatic heterocycles. The van der Waals surface area contributed by atoms with E-state index in [2.05, 4.69) is 35.2 Å². The minimum atomic E-state index is -1.66. The van der Waals surface area contributed by atoms with Crippen LogP contribution in [-0.4, -0.2) is 43.8 Å². The Morgan fingerprint density at radius 1 is 1.29 bits per heavy atom. The molecule has 2 aliphatic rings. The van der Waals surface area contributed by atoms with E-state index in [-0.39, 0.29) is 22.8 Å². The molecule has 0 fully saturated rings. The van der Waals surface area contributed by atoms with Crippen LogP contribution < -0.4 is 16.6 Å². The fourth-order valence-electron chi connectivity index (χ4n) is 2.30. The molecular weight excluding hydrogens is 278 g/mol. The van der Waals surface area contributed by atoms with Crippen LogP contribution in [0, 0.1) is 0 Å². The highest BCUT2D eigenvalue weighted by molar-refractivity contribution is 6.46. The lowest BCUT2D eigenvalue weighted by molar-refractivity contribution is -0.114. The summed E-state index contributed by atoms with van der Waals surface area (Å²) in [5, 5.41) is 2.38. The van der Waals surface area contributed by atoms with Crippen molar-refractivity contribution in [3.8, 4) is 0 Å². The topological polar surface area (TPSA) is 156 Å². The van der Waals surface area contributed by atoms with Gasteiger partial charge in [0.05, 0.1) is 12.7 Å². The van der Waals surface area contributed by atoms with Crippen LogP contribution in [0.3, 0.4) is 0 Å². The highest BCUT2D eigenvalue weighted by atomic mass is 16.2. The first-order valence-corrected chi connectivity index (χ1v) is 5.82. The van der Waals surface area contributed by atoms with Gasteiger partial charge in [0.25, 0.3) is 17.3 Å². The third-order valence-corrected chi connectivity index (χ3v) is 3.20. The molecule has 0 aromatic carbocycles. The lowest BCUT2D eigenvalue weighted by atomic mass is 10.1. The number of fused-ring (bicyclic) bond motifs is 2. The fraction of sp³-hybridized carbons (Fsp3) is 0.100. The molecular formula is C10H7N9O2. The number of nitrogen functional groups attached to an aromatic ring is 1. The van der Waals surface area contributed by atoms with E-state index in [4.69, 9.17) is 5.73 Å². The van der Waals surface area contributed by atoms with Crippen molar-refractivity contribution in [2.24, 2.45) is 15.0 Å². The highest BCUT2D eigenvalue weighted by Gasteiger charge is 2.47. The Morgan fingerprint density at radius 2 is 2.14 bits per heavy atom. The van der Waals surface area contributed by atoms with E-state index in [1.54, 1.807) is 0 Å². The summed E-state index contributed by atoms with van der Waals surface area (Å²) in [7, 11) is 0. The first kappa shape index (κ1) is 11.5. The molecule has 0 aliphatic carbocycles. The van der Waals surface area contributed by atoms with Gasteiger partial charge in [-0.3, -0.25) is 9.59 Å². The molecule has 2 aromatic rings. The second-order valence-electron chi connectivity index (χ2n) is 4.30. The molecule has 0 saturated heterocycles. The second kappa shape index (κ2) is 3.59. The number of aromatic amines is 1. The number of nitrogens with two attached hydrogens (primary N) is 1. The standard InChI is InChI=1S/C10H7N9O2/c11-9-18-6-4(12-1-14-6)8(21)19(9)10-5(13-2-16-10)7(20)15-3-17-10/h1-3H,(H2,11,18)(H,12,14)(H,15,17,20). The fourth-order valence-corrected chi connectivity index (χ4v) is 2.30. The summed E-state index contributed by atoms with van der Waals surface area (Å²) >= 11 is 0. The summed E-state index contributed by atoms with van der Waals surface area (Å²) in [5.41, 5.74) is 5.55. The maximum absolute atomic E-state index is 12.6. The molecule has 1 amide bonds. The SMILES string of the molecule is Nc1nc2nc[nH]c2c(=O)n1C12N=CN=C1C(=O)NC=N2. The number of aromatic nitrogens is 4. The third-order valence-electron chi connectivity index (χ3n) is 3.20. The summed E-state index contributed by atoms with van der Waals surface area (Å²) in [6.07, 6.45) is 3.62. The number of H-pyrrole nitrogens is 1. The van der Waals surface area contributed by atoms with Crippen molar-refractivity contribution in [1.29, 1.82) is 0 Å². The third kappa shape index (κ3) is 1.29. The predicted octanol–water partition coefficient (Wildman–Crippen LogP) is -2.05. The first-order valence-electron chi connectivity index (χ1n) is 5.82. The number of nitrogens with one attached hydrogen (secondary N) is 2. The molecule has 0 bridgehead atoms. The van der Waals surface area contributed by atoms with Crippen molar-refractivity contribution >= 4 is 41.4 Å². The minimum absolute atomic E-state index is 0.0561. The second-order valence-corrected chi connectivity index (χ2v) is 4.30. The van der Waals surface area contributed by atoms with Gasteiger partial charge in [-0.2, -0.15) is 4.98 Å². The number of imidazole rings is 1. The summed E-state index contributed by atoms with van der Waals surface area (Å²) < 4.78 is 1.01. The number of carbonyl (C=O) groups excluding carboxylic acids is 1. The van der Waals surface area contributed by atoms with E-state index in [1.165, 1.54) is 6.33 Å². The highest BCUT2D eigenvalue weighted by Crippen LogP contribution is 2.28. The summed E-state index contributed by atoms with van der Waals surface area (Å²) in [6.45, 7) is 0. The Balaban J connectivity index is 2.11. The molecule has 21 heavy (non-hydrogen) atoms. The van der Waals surface area contributed by atoms with Gasteiger partial charge >= 0.3 is 0 Å². The van der Waals surface area contributed by atoms with Crippen LogP contribution in [0.25, 0.3) is 11.2 Å². The van der Waals surface area contributed by atoms with Crippen molar-refractivity contribution in [1.82, 2.24) is 24.8 Å².